The summed E-state index contributed by atoms with van der Waals surface area (Å²) in [6, 6.07) is 8.55. The molecule has 0 bridgehead atoms. The lowest BCUT2D eigenvalue weighted by Gasteiger charge is -2.30. The van der Waals surface area contributed by atoms with E-state index in [9.17, 15) is 4.79 Å². The van der Waals surface area contributed by atoms with Crippen LogP contribution in [0.15, 0.2) is 40.8 Å². The minimum atomic E-state index is -0.508. The summed E-state index contributed by atoms with van der Waals surface area (Å²) < 4.78 is 10.5. The Morgan fingerprint density at radius 1 is 1.16 bits per heavy atom. The van der Waals surface area contributed by atoms with E-state index in [1.54, 1.807) is 25.3 Å². The molecule has 0 saturated heterocycles. The van der Waals surface area contributed by atoms with E-state index in [2.05, 4.69) is 26.3 Å². The van der Waals surface area contributed by atoms with Gasteiger partial charge in [-0.1, -0.05) is 12.1 Å². The zero-order valence-electron chi connectivity index (χ0n) is 17.0. The second kappa shape index (κ2) is 8.49. The molecule has 0 saturated carbocycles. The van der Waals surface area contributed by atoms with E-state index in [0.717, 1.165) is 16.3 Å². The number of amides is 2. The van der Waals surface area contributed by atoms with Gasteiger partial charge in [0, 0.05) is 22.9 Å². The first-order valence-electron chi connectivity index (χ1n) is 9.30. The van der Waals surface area contributed by atoms with E-state index in [4.69, 9.17) is 19.7 Å². The van der Waals surface area contributed by atoms with Crippen LogP contribution in [0.2, 0.25) is 0 Å². The molecule has 0 fully saturated rings. The van der Waals surface area contributed by atoms with Gasteiger partial charge in [0.15, 0.2) is 0 Å². The molecule has 31 heavy (non-hydrogen) atoms. The van der Waals surface area contributed by atoms with E-state index in [1.807, 2.05) is 17.5 Å². The number of nitriles is 1. The minimum Gasteiger partial charge on any atom is -0.481 e. The summed E-state index contributed by atoms with van der Waals surface area (Å²) in [5, 5.41) is 14.6. The Labute approximate surface area is 182 Å². The van der Waals surface area contributed by atoms with Crippen molar-refractivity contribution in [3.8, 4) is 29.2 Å². The summed E-state index contributed by atoms with van der Waals surface area (Å²) in [6.45, 7) is 1.80. The third-order valence-electron chi connectivity index (χ3n) is 4.91. The predicted octanol–water partition coefficient (Wildman–Crippen LogP) is 3.50. The van der Waals surface area contributed by atoms with Crippen LogP contribution >= 0.6 is 11.3 Å². The van der Waals surface area contributed by atoms with Gasteiger partial charge in [0.1, 0.15) is 5.01 Å². The number of hydrogen-bond donors (Lipinski definition) is 1. The highest BCUT2D eigenvalue weighted by atomic mass is 32.1. The first-order valence-corrected chi connectivity index (χ1v) is 10.2. The third-order valence-corrected chi connectivity index (χ3v) is 5.84. The van der Waals surface area contributed by atoms with Crippen molar-refractivity contribution >= 4 is 23.1 Å². The van der Waals surface area contributed by atoms with Crippen LogP contribution in [0, 0.1) is 11.3 Å². The molecule has 2 unspecified atom stereocenters. The molecule has 2 atom stereocenters. The van der Waals surface area contributed by atoms with Gasteiger partial charge in [-0.3, -0.25) is 0 Å². The van der Waals surface area contributed by atoms with Crippen LogP contribution in [0.5, 0.6) is 11.9 Å². The van der Waals surface area contributed by atoms with Crippen molar-refractivity contribution in [1.82, 2.24) is 20.3 Å². The van der Waals surface area contributed by atoms with Crippen molar-refractivity contribution in [2.45, 2.75) is 18.9 Å². The van der Waals surface area contributed by atoms with Gasteiger partial charge in [0.05, 0.1) is 49.1 Å². The summed E-state index contributed by atoms with van der Waals surface area (Å²) in [7, 11) is 2.97. The van der Waals surface area contributed by atoms with E-state index in [1.165, 1.54) is 25.6 Å². The topological polar surface area (TPSA) is 122 Å². The Kier molecular flexibility index (Phi) is 5.60. The number of aromatic nitrogens is 3. The van der Waals surface area contributed by atoms with Crippen LogP contribution in [0.4, 0.5) is 4.79 Å². The molecular weight excluding hydrogens is 416 g/mol. The molecule has 10 heteroatoms. The zero-order valence-corrected chi connectivity index (χ0v) is 17.8. The van der Waals surface area contributed by atoms with Crippen molar-refractivity contribution in [3.63, 3.8) is 0 Å². The fourth-order valence-electron chi connectivity index (χ4n) is 3.41. The van der Waals surface area contributed by atoms with Crippen LogP contribution < -0.4 is 14.8 Å². The summed E-state index contributed by atoms with van der Waals surface area (Å²) in [5.41, 5.74) is 3.51. The first kappa shape index (κ1) is 20.4. The van der Waals surface area contributed by atoms with Crippen molar-refractivity contribution in [1.29, 1.82) is 5.26 Å². The molecule has 1 aromatic carbocycles. The smallest absolute Gasteiger partial charge is 0.341 e. The van der Waals surface area contributed by atoms with Crippen LogP contribution in [-0.4, -0.2) is 40.9 Å². The average Bonchev–Trinajstić information content (AvgIpc) is 3.27. The minimum absolute atomic E-state index is 0.169. The van der Waals surface area contributed by atoms with Crippen LogP contribution in [0.25, 0.3) is 11.3 Å². The van der Waals surface area contributed by atoms with E-state index >= 15 is 0 Å². The molecular formula is C21H18N6O3S. The molecule has 0 aliphatic carbocycles. The number of ether oxygens (including phenoxy) is 2. The predicted molar refractivity (Wildman–Crippen MR) is 115 cm³/mol. The number of rotatable bonds is 5. The summed E-state index contributed by atoms with van der Waals surface area (Å²) in [4.78, 5) is 29.5. The molecule has 156 valence electrons. The zero-order chi connectivity index (χ0) is 22.0. The van der Waals surface area contributed by atoms with Gasteiger partial charge in [0.2, 0.25) is 5.88 Å². The third kappa shape index (κ3) is 3.95. The number of nitrogens with zero attached hydrogens (tertiary/aromatic N) is 5. The van der Waals surface area contributed by atoms with E-state index in [-0.39, 0.29) is 11.9 Å². The lowest BCUT2D eigenvalue weighted by atomic mass is 9.89. The van der Waals surface area contributed by atoms with Crippen molar-refractivity contribution in [3.05, 3.63) is 52.0 Å². The van der Waals surface area contributed by atoms with Crippen LogP contribution in [0.3, 0.4) is 0 Å². The second-order valence-corrected chi connectivity index (χ2v) is 7.63. The Morgan fingerprint density at radius 3 is 2.61 bits per heavy atom. The maximum Gasteiger partial charge on any atom is 0.341 e. The number of carbonyl (C=O) groups is 1. The number of thiazole rings is 1. The molecule has 0 radical (unpaired) electrons. The largest absolute Gasteiger partial charge is 0.481 e. The normalized spacial score (nSPS) is 18.0. The van der Waals surface area contributed by atoms with Crippen molar-refractivity contribution in [2.24, 2.45) is 4.99 Å². The number of benzene rings is 1. The van der Waals surface area contributed by atoms with Gasteiger partial charge in [-0.05, 0) is 19.1 Å². The SMILES string of the molecule is COc1ncc(C2NC(=O)N=C(C)C2c2nc(-c3ccc(C#N)cc3)cs2)c(OC)n1. The first-order chi connectivity index (χ1) is 15.0. The summed E-state index contributed by atoms with van der Waals surface area (Å²) in [5.74, 6) is -0.0125. The Hall–Kier alpha value is -3.84. The molecule has 2 aromatic heterocycles. The highest BCUT2D eigenvalue weighted by Gasteiger charge is 2.37. The van der Waals surface area contributed by atoms with E-state index < -0.39 is 12.1 Å². The fourth-order valence-corrected chi connectivity index (χ4v) is 4.44. The summed E-state index contributed by atoms with van der Waals surface area (Å²) >= 11 is 1.47. The molecule has 1 aliphatic heterocycles. The molecule has 3 heterocycles. The molecule has 3 aromatic rings. The van der Waals surface area contributed by atoms with Gasteiger partial charge < -0.3 is 14.8 Å². The maximum atomic E-state index is 12.2. The fraction of sp³-hybridized carbons (Fsp3) is 0.238. The summed E-state index contributed by atoms with van der Waals surface area (Å²) in [6.07, 6.45) is 1.58. The number of aliphatic imine (C=N–C) groups is 1. The average molecular weight is 434 g/mol. The number of methoxy groups -OCH3 is 2. The molecule has 9 nitrogen and oxygen atoms in total. The molecule has 1 aliphatic rings. The van der Waals surface area contributed by atoms with Crippen LogP contribution in [0.1, 0.15) is 35.0 Å². The van der Waals surface area contributed by atoms with Crippen molar-refractivity contribution < 1.29 is 14.3 Å². The second-order valence-electron chi connectivity index (χ2n) is 6.74. The van der Waals surface area contributed by atoms with Gasteiger partial charge in [-0.25, -0.2) is 19.8 Å². The highest BCUT2D eigenvalue weighted by molar-refractivity contribution is 7.10. The number of nitrogens with one attached hydrogen (secondary N) is 1. The molecule has 4 rings (SSSR count). The van der Waals surface area contributed by atoms with E-state index in [0.29, 0.717) is 22.7 Å². The quantitative estimate of drug-likeness (QED) is 0.652. The lowest BCUT2D eigenvalue weighted by molar-refractivity contribution is 0.242. The molecule has 1 N–H and O–H groups in total. The Balaban J connectivity index is 1.75. The highest BCUT2D eigenvalue weighted by Crippen LogP contribution is 2.40. The van der Waals surface area contributed by atoms with Gasteiger partial charge in [0.25, 0.3) is 0 Å². The number of urea groups is 1. The monoisotopic (exact) mass is 434 g/mol. The molecule has 0 spiro atoms. The Bertz CT molecular complexity index is 1200. The maximum absolute atomic E-state index is 12.2. The lowest BCUT2D eigenvalue weighted by Crippen LogP contribution is -2.39. The van der Waals surface area contributed by atoms with Crippen molar-refractivity contribution in [2.75, 3.05) is 14.2 Å². The van der Waals surface area contributed by atoms with Gasteiger partial charge in [-0.2, -0.15) is 10.2 Å². The van der Waals surface area contributed by atoms with Crippen LogP contribution in [-0.2, 0) is 0 Å². The number of carbonyl (C=O) groups excluding carboxylic acids is 1. The standard InChI is InChI=1S/C21H18N6O3S/c1-11-16(19-25-15(10-31-19)13-6-4-12(8-22)5-7-13)17(26-20(28)24-11)14-9-23-21(30-3)27-18(14)29-2/h4-7,9-10,16-17H,1-3H3,(H,26,28). The Morgan fingerprint density at radius 2 is 1.94 bits per heavy atom. The molecule has 2 amide bonds. The van der Waals surface area contributed by atoms with Gasteiger partial charge >= 0.3 is 12.0 Å². The number of hydrogen-bond acceptors (Lipinski definition) is 8. The van der Waals surface area contributed by atoms with Gasteiger partial charge in [-0.15, -0.1) is 11.3 Å².